The van der Waals surface area contributed by atoms with Crippen molar-refractivity contribution in [1.29, 1.82) is 0 Å². The molecule has 0 saturated heterocycles. The third kappa shape index (κ3) is 2.45. The van der Waals surface area contributed by atoms with Crippen LogP contribution in [0.25, 0.3) is 0 Å². The Balaban J connectivity index is 1.44. The van der Waals surface area contributed by atoms with Crippen molar-refractivity contribution < 1.29 is 14.2 Å². The van der Waals surface area contributed by atoms with Crippen LogP contribution in [0.1, 0.15) is 16.8 Å². The molecule has 2 aromatic carbocycles. The molecule has 0 fully saturated rings. The molecule has 146 valence electrons. The maximum Gasteiger partial charge on any atom is 0.165 e. The predicted molar refractivity (Wildman–Crippen MR) is 110 cm³/mol. The number of fused-ring (bicyclic) bond motifs is 5. The summed E-state index contributed by atoms with van der Waals surface area (Å²) in [6.45, 7) is 3.26. The van der Waals surface area contributed by atoms with E-state index in [1.807, 2.05) is 24.3 Å². The minimum atomic E-state index is -0.234. The van der Waals surface area contributed by atoms with E-state index in [0.717, 1.165) is 35.1 Å². The Morgan fingerprint density at radius 1 is 0.897 bits per heavy atom. The average Bonchev–Trinajstić information content (AvgIpc) is 3.25. The summed E-state index contributed by atoms with van der Waals surface area (Å²) in [5.74, 6) is 2.99. The van der Waals surface area contributed by atoms with Crippen molar-refractivity contribution in [2.24, 2.45) is 0 Å². The molecule has 2 N–H and O–H groups in total. The Morgan fingerprint density at radius 2 is 1.72 bits per heavy atom. The van der Waals surface area contributed by atoms with Gasteiger partial charge < -0.3 is 24.8 Å². The van der Waals surface area contributed by atoms with Gasteiger partial charge in [0, 0.05) is 23.9 Å². The number of para-hydroxylation sites is 1. The summed E-state index contributed by atoms with van der Waals surface area (Å²) >= 11 is 0. The molecule has 1 aromatic heterocycles. The highest BCUT2D eigenvalue weighted by Gasteiger charge is 2.50. The molecule has 3 aromatic rings. The van der Waals surface area contributed by atoms with Crippen molar-refractivity contribution in [2.75, 3.05) is 37.0 Å². The number of pyridine rings is 1. The van der Waals surface area contributed by atoms with Gasteiger partial charge in [-0.1, -0.05) is 24.3 Å². The van der Waals surface area contributed by atoms with Gasteiger partial charge in [-0.05, 0) is 29.8 Å². The molecular formula is C23H21N3O3. The number of aromatic nitrogens is 1. The molecule has 0 bridgehead atoms. The number of nitrogens with zero attached hydrogens (tertiary/aromatic N) is 2. The van der Waals surface area contributed by atoms with Crippen LogP contribution >= 0.6 is 0 Å². The second-order valence-electron chi connectivity index (χ2n) is 7.79. The van der Waals surface area contributed by atoms with Gasteiger partial charge in [-0.3, -0.25) is 0 Å². The smallest absolute Gasteiger partial charge is 0.165 e. The molecule has 6 nitrogen and oxygen atoms in total. The maximum atomic E-state index is 6.18. The van der Waals surface area contributed by atoms with Gasteiger partial charge in [0.2, 0.25) is 0 Å². The number of rotatable bonds is 2. The molecule has 6 rings (SSSR count). The highest BCUT2D eigenvalue weighted by molar-refractivity contribution is 5.70. The molecule has 0 amide bonds. The van der Waals surface area contributed by atoms with E-state index in [0.29, 0.717) is 32.2 Å². The van der Waals surface area contributed by atoms with Crippen LogP contribution in [-0.4, -0.2) is 31.3 Å². The zero-order valence-electron chi connectivity index (χ0n) is 15.9. The van der Waals surface area contributed by atoms with Crippen LogP contribution in [0, 0.1) is 0 Å². The van der Waals surface area contributed by atoms with Gasteiger partial charge in [-0.2, -0.15) is 0 Å². The molecular weight excluding hydrogens is 366 g/mol. The van der Waals surface area contributed by atoms with Crippen LogP contribution < -0.4 is 24.8 Å². The van der Waals surface area contributed by atoms with Gasteiger partial charge in [-0.25, -0.2) is 4.98 Å². The van der Waals surface area contributed by atoms with Crippen LogP contribution in [0.2, 0.25) is 0 Å². The third-order valence-corrected chi connectivity index (χ3v) is 6.04. The summed E-state index contributed by atoms with van der Waals surface area (Å²) in [5.41, 5.74) is 10.3. The van der Waals surface area contributed by atoms with Gasteiger partial charge in [0.15, 0.2) is 11.5 Å². The van der Waals surface area contributed by atoms with Gasteiger partial charge in [0.25, 0.3) is 0 Å². The molecule has 1 atom stereocenters. The van der Waals surface area contributed by atoms with Gasteiger partial charge in [0.05, 0.1) is 17.7 Å². The van der Waals surface area contributed by atoms with Crippen LogP contribution in [-0.2, 0) is 12.0 Å². The lowest BCUT2D eigenvalue weighted by atomic mass is 9.77. The van der Waals surface area contributed by atoms with Crippen molar-refractivity contribution >= 4 is 11.5 Å². The highest BCUT2D eigenvalue weighted by Crippen LogP contribution is 2.54. The van der Waals surface area contributed by atoms with Crippen molar-refractivity contribution in [2.45, 2.75) is 12.0 Å². The SMILES string of the molecule is Nc1cccc(CN2CC3(COc4cc5c(cc43)OCCO5)c3ccccc32)n1. The molecule has 1 spiro atoms. The molecule has 4 heterocycles. The molecule has 0 aliphatic carbocycles. The van der Waals surface area contributed by atoms with Gasteiger partial charge >= 0.3 is 0 Å². The molecule has 3 aliphatic rings. The summed E-state index contributed by atoms with van der Waals surface area (Å²) in [7, 11) is 0. The van der Waals surface area contributed by atoms with Crippen molar-refractivity contribution in [3.63, 3.8) is 0 Å². The van der Waals surface area contributed by atoms with E-state index in [4.69, 9.17) is 19.9 Å². The van der Waals surface area contributed by atoms with E-state index >= 15 is 0 Å². The number of nitrogens with two attached hydrogens (primary N) is 1. The number of hydrogen-bond donors (Lipinski definition) is 1. The Kier molecular flexibility index (Phi) is 3.45. The third-order valence-electron chi connectivity index (χ3n) is 6.04. The summed E-state index contributed by atoms with van der Waals surface area (Å²) in [4.78, 5) is 6.86. The summed E-state index contributed by atoms with van der Waals surface area (Å²) in [6, 6.07) is 18.4. The fourth-order valence-corrected chi connectivity index (χ4v) is 4.77. The molecule has 0 radical (unpaired) electrons. The first-order chi connectivity index (χ1) is 14.2. The van der Waals surface area contributed by atoms with E-state index in [1.165, 1.54) is 11.3 Å². The first-order valence-electron chi connectivity index (χ1n) is 9.86. The van der Waals surface area contributed by atoms with E-state index in [1.54, 1.807) is 0 Å². The second kappa shape index (κ2) is 6.04. The van der Waals surface area contributed by atoms with E-state index in [9.17, 15) is 0 Å². The second-order valence-corrected chi connectivity index (χ2v) is 7.79. The Labute approximate surface area is 168 Å². The van der Waals surface area contributed by atoms with Crippen LogP contribution in [0.4, 0.5) is 11.5 Å². The Hall–Kier alpha value is -3.41. The first-order valence-corrected chi connectivity index (χ1v) is 9.86. The topological polar surface area (TPSA) is 69.8 Å². The number of hydrogen-bond acceptors (Lipinski definition) is 6. The van der Waals surface area contributed by atoms with Gasteiger partial charge in [-0.15, -0.1) is 0 Å². The minimum Gasteiger partial charge on any atom is -0.492 e. The van der Waals surface area contributed by atoms with E-state index < -0.39 is 0 Å². The number of benzene rings is 2. The Morgan fingerprint density at radius 3 is 2.59 bits per heavy atom. The standard InChI is InChI=1S/C23H21N3O3/c24-22-7-3-4-15(25-22)12-26-13-23(16-5-1-2-6-18(16)26)14-29-19-11-21-20(10-17(19)23)27-8-9-28-21/h1-7,10-11H,8-9,12-14H2,(H2,24,25). The highest BCUT2D eigenvalue weighted by atomic mass is 16.6. The van der Waals surface area contributed by atoms with Crippen molar-refractivity contribution in [1.82, 2.24) is 4.98 Å². The molecule has 3 aliphatic heterocycles. The molecule has 0 saturated carbocycles. The first kappa shape index (κ1) is 16.5. The molecule has 29 heavy (non-hydrogen) atoms. The number of anilines is 2. The monoisotopic (exact) mass is 387 g/mol. The van der Waals surface area contributed by atoms with Crippen LogP contribution in [0.15, 0.2) is 54.6 Å². The lowest BCUT2D eigenvalue weighted by Gasteiger charge is -2.26. The van der Waals surface area contributed by atoms with Crippen molar-refractivity contribution in [3.8, 4) is 17.2 Å². The van der Waals surface area contributed by atoms with Crippen LogP contribution in [0.3, 0.4) is 0 Å². The number of nitrogen functional groups attached to an aromatic ring is 1. The lowest BCUT2D eigenvalue weighted by molar-refractivity contribution is 0.171. The normalized spacial score (nSPS) is 21.0. The molecule has 6 heteroatoms. The number of ether oxygens (including phenoxy) is 3. The van der Waals surface area contributed by atoms with E-state index in [-0.39, 0.29) is 5.41 Å². The zero-order valence-corrected chi connectivity index (χ0v) is 15.9. The van der Waals surface area contributed by atoms with Crippen LogP contribution in [0.5, 0.6) is 17.2 Å². The summed E-state index contributed by atoms with van der Waals surface area (Å²) in [5, 5.41) is 0. The summed E-state index contributed by atoms with van der Waals surface area (Å²) in [6.07, 6.45) is 0. The lowest BCUT2D eigenvalue weighted by Crippen LogP contribution is -2.36. The average molecular weight is 387 g/mol. The molecule has 1 unspecified atom stereocenters. The largest absolute Gasteiger partial charge is 0.492 e. The summed E-state index contributed by atoms with van der Waals surface area (Å²) < 4.78 is 17.8. The quantitative estimate of drug-likeness (QED) is 0.729. The fourth-order valence-electron chi connectivity index (χ4n) is 4.77. The van der Waals surface area contributed by atoms with Crippen molar-refractivity contribution in [3.05, 3.63) is 71.4 Å². The van der Waals surface area contributed by atoms with Gasteiger partial charge in [0.1, 0.15) is 31.4 Å². The Bertz CT molecular complexity index is 1120. The van der Waals surface area contributed by atoms with E-state index in [2.05, 4.69) is 40.2 Å². The zero-order chi connectivity index (χ0) is 19.4. The minimum absolute atomic E-state index is 0.234. The maximum absolute atomic E-state index is 6.18. The fraction of sp³-hybridized carbons (Fsp3) is 0.261. The predicted octanol–water partition coefficient (Wildman–Crippen LogP) is 3.13.